The number of rotatable bonds is 6. The highest BCUT2D eigenvalue weighted by molar-refractivity contribution is 6.37. The lowest BCUT2D eigenvalue weighted by molar-refractivity contribution is -0.142. The summed E-state index contributed by atoms with van der Waals surface area (Å²) in [7, 11) is 1.35. The zero-order valence-electron chi connectivity index (χ0n) is 12.0. The van der Waals surface area contributed by atoms with E-state index in [9.17, 15) is 4.79 Å². The summed E-state index contributed by atoms with van der Waals surface area (Å²) in [5.41, 5.74) is 0. The molecule has 1 rings (SSSR count). The van der Waals surface area contributed by atoms with Crippen LogP contribution in [0.25, 0.3) is 0 Å². The third-order valence-corrected chi connectivity index (χ3v) is 3.26. The Morgan fingerprint density at radius 2 is 1.95 bits per heavy atom. The van der Waals surface area contributed by atoms with Gasteiger partial charge in [0.05, 0.1) is 17.2 Å². The second-order valence-electron chi connectivity index (χ2n) is 4.57. The molecule has 1 aromatic rings. The van der Waals surface area contributed by atoms with Gasteiger partial charge < -0.3 is 15.4 Å². The minimum Gasteiger partial charge on any atom is -0.467 e. The second kappa shape index (κ2) is 7.55. The van der Waals surface area contributed by atoms with E-state index in [4.69, 9.17) is 27.9 Å². The molecule has 0 aromatic carbocycles. The van der Waals surface area contributed by atoms with Crippen LogP contribution in [0.2, 0.25) is 10.0 Å². The molecule has 5 nitrogen and oxygen atoms in total. The molecule has 0 fully saturated rings. The number of pyridine rings is 1. The summed E-state index contributed by atoms with van der Waals surface area (Å²) in [5, 5.41) is 6.82. The maximum absolute atomic E-state index is 11.7. The van der Waals surface area contributed by atoms with Crippen molar-refractivity contribution in [2.75, 3.05) is 24.3 Å². The summed E-state index contributed by atoms with van der Waals surface area (Å²) in [4.78, 5) is 16.1. The fourth-order valence-corrected chi connectivity index (χ4v) is 2.11. The number of halogens is 2. The molecule has 112 valence electrons. The molecule has 0 bridgehead atoms. The van der Waals surface area contributed by atoms with E-state index >= 15 is 0 Å². The molecule has 0 saturated carbocycles. The van der Waals surface area contributed by atoms with Crippen LogP contribution >= 0.6 is 23.2 Å². The van der Waals surface area contributed by atoms with Gasteiger partial charge in [-0.05, 0) is 18.9 Å². The van der Waals surface area contributed by atoms with Crippen LogP contribution in [0.3, 0.4) is 0 Å². The van der Waals surface area contributed by atoms with Crippen molar-refractivity contribution >= 4 is 40.8 Å². The van der Waals surface area contributed by atoms with Crippen molar-refractivity contribution in [3.63, 3.8) is 0 Å². The number of carbonyl (C=O) groups is 1. The number of esters is 1. The Labute approximate surface area is 129 Å². The number of carbonyl (C=O) groups excluding carboxylic acids is 1. The number of nitrogens with one attached hydrogen (secondary N) is 2. The van der Waals surface area contributed by atoms with Crippen LogP contribution in [-0.4, -0.2) is 30.6 Å². The Morgan fingerprint density at radius 1 is 1.35 bits per heavy atom. The van der Waals surface area contributed by atoms with Gasteiger partial charge in [0.15, 0.2) is 0 Å². The predicted octanol–water partition coefficient (Wildman–Crippen LogP) is 3.43. The van der Waals surface area contributed by atoms with E-state index in [0.29, 0.717) is 28.2 Å². The molecule has 1 atom stereocenters. The Hall–Kier alpha value is -1.20. The molecule has 0 aliphatic rings. The van der Waals surface area contributed by atoms with Gasteiger partial charge in [-0.15, -0.1) is 0 Å². The minimum absolute atomic E-state index is 0.0265. The first-order valence-electron chi connectivity index (χ1n) is 6.35. The normalized spacial score (nSPS) is 12.2. The van der Waals surface area contributed by atoms with Crippen LogP contribution in [0.1, 0.15) is 20.8 Å². The quantitative estimate of drug-likeness (QED) is 0.786. The summed E-state index contributed by atoms with van der Waals surface area (Å²) in [6, 6.07) is 1.06. The number of methoxy groups -OCH3 is 1. The number of nitrogens with zero attached hydrogens (tertiary/aromatic N) is 1. The maximum Gasteiger partial charge on any atom is 0.328 e. The monoisotopic (exact) mass is 319 g/mol. The van der Waals surface area contributed by atoms with Gasteiger partial charge in [0.2, 0.25) is 0 Å². The van der Waals surface area contributed by atoms with Crippen molar-refractivity contribution in [3.8, 4) is 0 Å². The van der Waals surface area contributed by atoms with Crippen molar-refractivity contribution in [1.29, 1.82) is 0 Å². The molecule has 0 aliphatic carbocycles. The zero-order valence-corrected chi connectivity index (χ0v) is 13.5. The Bertz CT molecular complexity index is 481. The zero-order chi connectivity index (χ0) is 15.3. The SMILES string of the molecule is CCNc1nc(NC(C(=O)OC)C(C)C)c(Cl)cc1Cl. The number of hydrogen-bond acceptors (Lipinski definition) is 5. The van der Waals surface area contributed by atoms with Gasteiger partial charge >= 0.3 is 5.97 Å². The van der Waals surface area contributed by atoms with E-state index in [-0.39, 0.29) is 11.9 Å². The van der Waals surface area contributed by atoms with Gasteiger partial charge in [-0.1, -0.05) is 37.0 Å². The lowest BCUT2D eigenvalue weighted by Gasteiger charge is -2.21. The highest BCUT2D eigenvalue weighted by atomic mass is 35.5. The Kier molecular flexibility index (Phi) is 6.36. The summed E-state index contributed by atoms with van der Waals surface area (Å²) in [6.07, 6.45) is 0. The first kappa shape index (κ1) is 16.9. The van der Waals surface area contributed by atoms with Crippen molar-refractivity contribution in [2.24, 2.45) is 5.92 Å². The number of ether oxygens (including phenoxy) is 1. The fourth-order valence-electron chi connectivity index (χ4n) is 1.63. The first-order valence-corrected chi connectivity index (χ1v) is 7.10. The summed E-state index contributed by atoms with van der Waals surface area (Å²) < 4.78 is 4.77. The molecule has 7 heteroatoms. The average Bonchev–Trinajstić information content (AvgIpc) is 2.39. The van der Waals surface area contributed by atoms with Crippen LogP contribution in [0.15, 0.2) is 6.07 Å². The fraction of sp³-hybridized carbons (Fsp3) is 0.538. The molecule has 0 spiro atoms. The van der Waals surface area contributed by atoms with E-state index in [1.807, 2.05) is 20.8 Å². The molecule has 0 amide bonds. The number of anilines is 2. The van der Waals surface area contributed by atoms with E-state index < -0.39 is 6.04 Å². The van der Waals surface area contributed by atoms with Gasteiger partial charge in [0, 0.05) is 6.54 Å². The molecular formula is C13H19Cl2N3O2. The molecule has 2 N–H and O–H groups in total. The second-order valence-corrected chi connectivity index (χ2v) is 5.38. The van der Waals surface area contributed by atoms with Gasteiger partial charge in [-0.2, -0.15) is 0 Å². The third-order valence-electron chi connectivity index (χ3n) is 2.69. The van der Waals surface area contributed by atoms with Crippen molar-refractivity contribution < 1.29 is 9.53 Å². The van der Waals surface area contributed by atoms with Crippen LogP contribution in [0, 0.1) is 5.92 Å². The van der Waals surface area contributed by atoms with Crippen LogP contribution in [0.5, 0.6) is 0 Å². The van der Waals surface area contributed by atoms with Crippen LogP contribution in [-0.2, 0) is 9.53 Å². The topological polar surface area (TPSA) is 63.2 Å². The lowest BCUT2D eigenvalue weighted by Crippen LogP contribution is -2.36. The molecule has 20 heavy (non-hydrogen) atoms. The predicted molar refractivity (Wildman–Crippen MR) is 82.7 cm³/mol. The lowest BCUT2D eigenvalue weighted by atomic mass is 10.0. The average molecular weight is 320 g/mol. The molecule has 1 unspecified atom stereocenters. The summed E-state index contributed by atoms with van der Waals surface area (Å²) in [5.74, 6) is 0.584. The number of aromatic nitrogens is 1. The van der Waals surface area contributed by atoms with Crippen molar-refractivity contribution in [2.45, 2.75) is 26.8 Å². The van der Waals surface area contributed by atoms with Crippen LogP contribution < -0.4 is 10.6 Å². The van der Waals surface area contributed by atoms with E-state index in [1.165, 1.54) is 7.11 Å². The van der Waals surface area contributed by atoms with Crippen LogP contribution in [0.4, 0.5) is 11.6 Å². The van der Waals surface area contributed by atoms with E-state index in [2.05, 4.69) is 15.6 Å². The van der Waals surface area contributed by atoms with Crippen molar-refractivity contribution in [3.05, 3.63) is 16.1 Å². The number of hydrogen-bond donors (Lipinski definition) is 2. The van der Waals surface area contributed by atoms with E-state index in [0.717, 1.165) is 0 Å². The molecule has 0 radical (unpaired) electrons. The molecule has 0 aliphatic heterocycles. The van der Waals surface area contributed by atoms with Gasteiger partial charge in [0.25, 0.3) is 0 Å². The maximum atomic E-state index is 11.7. The molecule has 0 saturated heterocycles. The first-order chi connectivity index (χ1) is 9.40. The molecule has 1 aromatic heterocycles. The Balaban J connectivity index is 3.06. The molecule has 1 heterocycles. The highest BCUT2D eigenvalue weighted by Gasteiger charge is 2.24. The highest BCUT2D eigenvalue weighted by Crippen LogP contribution is 2.30. The summed E-state index contributed by atoms with van der Waals surface area (Å²) >= 11 is 12.1. The standard InChI is InChI=1S/C13H19Cl2N3O2/c1-5-16-11-8(14)6-9(15)12(18-11)17-10(7(2)3)13(19)20-4/h6-7,10H,5H2,1-4H3,(H2,16,17,18). The Morgan fingerprint density at radius 3 is 2.45 bits per heavy atom. The summed E-state index contributed by atoms with van der Waals surface area (Å²) in [6.45, 7) is 6.43. The smallest absolute Gasteiger partial charge is 0.328 e. The molecular weight excluding hydrogens is 301 g/mol. The minimum atomic E-state index is -0.527. The van der Waals surface area contributed by atoms with Gasteiger partial charge in [-0.3, -0.25) is 0 Å². The van der Waals surface area contributed by atoms with E-state index in [1.54, 1.807) is 6.07 Å². The largest absolute Gasteiger partial charge is 0.467 e. The van der Waals surface area contributed by atoms with Gasteiger partial charge in [-0.25, -0.2) is 9.78 Å². The third kappa shape index (κ3) is 4.15. The van der Waals surface area contributed by atoms with Crippen molar-refractivity contribution in [1.82, 2.24) is 4.98 Å². The van der Waals surface area contributed by atoms with Gasteiger partial charge in [0.1, 0.15) is 17.7 Å².